The second-order valence-corrected chi connectivity index (χ2v) is 6.26. The lowest BCUT2D eigenvalue weighted by Gasteiger charge is -2.17. The van der Waals surface area contributed by atoms with Crippen LogP contribution >= 0.6 is 0 Å². The molecule has 0 bridgehead atoms. The van der Waals surface area contributed by atoms with E-state index in [0.29, 0.717) is 34.8 Å². The van der Waals surface area contributed by atoms with E-state index in [9.17, 15) is 15.0 Å². The van der Waals surface area contributed by atoms with Gasteiger partial charge in [-0.15, -0.1) is 0 Å². The molecule has 6 nitrogen and oxygen atoms in total. The molecular formula is C22H24O6. The first-order valence-corrected chi connectivity index (χ1v) is 8.71. The van der Waals surface area contributed by atoms with Gasteiger partial charge in [-0.1, -0.05) is 25.3 Å². The number of carbonyl (C=O) groups is 1. The van der Waals surface area contributed by atoms with Crippen LogP contribution in [0.25, 0.3) is 11.1 Å². The number of hydrogen-bond acceptors (Lipinski definition) is 6. The van der Waals surface area contributed by atoms with Crippen molar-refractivity contribution in [2.45, 2.75) is 27.1 Å². The molecule has 0 aliphatic heterocycles. The zero-order chi connectivity index (χ0) is 20.8. The maximum Gasteiger partial charge on any atom is 0.338 e. The molecular weight excluding hydrogens is 360 g/mol. The Morgan fingerprint density at radius 3 is 2.21 bits per heavy atom. The second-order valence-electron chi connectivity index (χ2n) is 6.26. The lowest BCUT2D eigenvalue weighted by atomic mass is 10.0. The van der Waals surface area contributed by atoms with Crippen molar-refractivity contribution in [3.63, 3.8) is 0 Å². The zero-order valence-corrected chi connectivity index (χ0v) is 16.2. The Kier molecular flexibility index (Phi) is 6.84. The van der Waals surface area contributed by atoms with Gasteiger partial charge in [-0.05, 0) is 61.7 Å². The summed E-state index contributed by atoms with van der Waals surface area (Å²) in [5.74, 6) is 0.0257. The van der Waals surface area contributed by atoms with Gasteiger partial charge in [-0.2, -0.15) is 0 Å². The molecule has 2 rings (SSSR count). The van der Waals surface area contributed by atoms with E-state index in [2.05, 4.69) is 13.2 Å². The van der Waals surface area contributed by atoms with Crippen LogP contribution in [0.2, 0.25) is 0 Å². The third-order valence-electron chi connectivity index (χ3n) is 3.75. The largest absolute Gasteiger partial charge is 0.504 e. The van der Waals surface area contributed by atoms with Crippen molar-refractivity contribution < 1.29 is 29.2 Å². The molecule has 0 amide bonds. The second kappa shape index (κ2) is 9.10. The van der Waals surface area contributed by atoms with Crippen molar-refractivity contribution in [1.29, 1.82) is 0 Å². The summed E-state index contributed by atoms with van der Waals surface area (Å²) in [6.07, 6.45) is -1.18. The van der Waals surface area contributed by atoms with Crippen LogP contribution < -0.4 is 14.2 Å². The van der Waals surface area contributed by atoms with Crippen LogP contribution in [0, 0.1) is 0 Å². The molecule has 2 aromatic carbocycles. The minimum Gasteiger partial charge on any atom is -0.504 e. The first-order chi connectivity index (χ1) is 13.2. The fourth-order valence-corrected chi connectivity index (χ4v) is 2.24. The Hall–Kier alpha value is -3.25. The number of phenols is 1. The van der Waals surface area contributed by atoms with Crippen LogP contribution in [0.4, 0.5) is 0 Å². The van der Waals surface area contributed by atoms with E-state index in [0.717, 1.165) is 0 Å². The Labute approximate surface area is 164 Å². The zero-order valence-electron chi connectivity index (χ0n) is 16.2. The van der Waals surface area contributed by atoms with E-state index in [1.165, 1.54) is 19.1 Å². The fourth-order valence-electron chi connectivity index (χ4n) is 2.24. The highest BCUT2D eigenvalue weighted by atomic mass is 16.6. The van der Waals surface area contributed by atoms with E-state index in [4.69, 9.17) is 14.2 Å². The Bertz CT molecular complexity index is 900. The van der Waals surface area contributed by atoms with Crippen LogP contribution in [0.5, 0.6) is 23.0 Å². The highest BCUT2D eigenvalue weighted by Gasteiger charge is 2.15. The number of carbonyl (C=O) groups excluding carboxylic acids is 1. The van der Waals surface area contributed by atoms with Crippen LogP contribution in [0.1, 0.15) is 20.8 Å². The van der Waals surface area contributed by atoms with Gasteiger partial charge in [-0.25, -0.2) is 4.79 Å². The van der Waals surface area contributed by atoms with Crippen molar-refractivity contribution in [3.05, 3.63) is 60.7 Å². The van der Waals surface area contributed by atoms with Crippen LogP contribution in [0.3, 0.4) is 0 Å². The van der Waals surface area contributed by atoms with Gasteiger partial charge in [-0.3, -0.25) is 0 Å². The van der Waals surface area contributed by atoms with Gasteiger partial charge in [0.25, 0.3) is 0 Å². The van der Waals surface area contributed by atoms with Gasteiger partial charge < -0.3 is 24.4 Å². The van der Waals surface area contributed by atoms with Crippen LogP contribution in [0.15, 0.2) is 60.7 Å². The number of aromatic hydroxyl groups is 1. The molecule has 148 valence electrons. The van der Waals surface area contributed by atoms with Gasteiger partial charge in [0.15, 0.2) is 23.0 Å². The molecule has 0 saturated heterocycles. The average molecular weight is 384 g/mol. The van der Waals surface area contributed by atoms with Gasteiger partial charge >= 0.3 is 5.97 Å². The van der Waals surface area contributed by atoms with Gasteiger partial charge in [0.05, 0.1) is 6.61 Å². The number of rotatable bonds is 8. The molecule has 6 heteroatoms. The van der Waals surface area contributed by atoms with E-state index in [1.807, 2.05) is 6.92 Å². The first-order valence-electron chi connectivity index (χ1n) is 8.71. The molecule has 1 atom stereocenters. The third-order valence-corrected chi connectivity index (χ3v) is 3.75. The molecule has 0 radical (unpaired) electrons. The molecule has 0 aliphatic rings. The molecule has 0 aromatic heterocycles. The SMILES string of the molecule is C=C(C)C(=O)Oc1cc(-c2ccc(OCC)c(OC(O)C(=C)C)c2)ccc1O. The van der Waals surface area contributed by atoms with Crippen LogP contribution in [-0.4, -0.2) is 29.1 Å². The Balaban J connectivity index is 2.42. The van der Waals surface area contributed by atoms with Gasteiger partial charge in [0.2, 0.25) is 6.29 Å². The number of aliphatic hydroxyl groups is 1. The predicted octanol–water partition coefficient (Wildman–Crippen LogP) is 4.21. The molecule has 0 saturated carbocycles. The molecule has 2 aromatic rings. The Morgan fingerprint density at radius 1 is 1.04 bits per heavy atom. The minimum atomic E-state index is -1.18. The summed E-state index contributed by atoms with van der Waals surface area (Å²) in [7, 11) is 0. The monoisotopic (exact) mass is 384 g/mol. The number of phenolic OH excluding ortho intramolecular Hbond substituents is 1. The number of hydrogen-bond donors (Lipinski definition) is 2. The Morgan fingerprint density at radius 2 is 1.64 bits per heavy atom. The van der Waals surface area contributed by atoms with Crippen molar-refractivity contribution in [1.82, 2.24) is 0 Å². The topological polar surface area (TPSA) is 85.2 Å². The summed E-state index contributed by atoms with van der Waals surface area (Å²) in [6.45, 7) is 12.6. The summed E-state index contributed by atoms with van der Waals surface area (Å²) in [5, 5.41) is 20.0. The van der Waals surface area contributed by atoms with E-state index >= 15 is 0 Å². The van der Waals surface area contributed by atoms with Crippen molar-refractivity contribution in [2.24, 2.45) is 0 Å². The number of esters is 1. The quantitative estimate of drug-likeness (QED) is 0.233. The molecule has 1 unspecified atom stereocenters. The predicted molar refractivity (Wildman–Crippen MR) is 107 cm³/mol. The summed E-state index contributed by atoms with van der Waals surface area (Å²) in [4.78, 5) is 11.8. The molecule has 0 spiro atoms. The number of benzene rings is 2. The number of ether oxygens (including phenoxy) is 3. The highest BCUT2D eigenvalue weighted by molar-refractivity contribution is 5.89. The normalized spacial score (nSPS) is 11.4. The minimum absolute atomic E-state index is 0.0174. The lowest BCUT2D eigenvalue weighted by molar-refractivity contribution is -0.130. The molecule has 2 N–H and O–H groups in total. The first kappa shape index (κ1) is 21.1. The van der Waals surface area contributed by atoms with Gasteiger partial charge in [0.1, 0.15) is 0 Å². The molecule has 0 aliphatic carbocycles. The van der Waals surface area contributed by atoms with Crippen molar-refractivity contribution >= 4 is 5.97 Å². The fraction of sp³-hybridized carbons (Fsp3) is 0.227. The maximum atomic E-state index is 11.8. The summed E-state index contributed by atoms with van der Waals surface area (Å²) in [6, 6.07) is 9.82. The van der Waals surface area contributed by atoms with E-state index < -0.39 is 12.3 Å². The highest BCUT2D eigenvalue weighted by Crippen LogP contribution is 2.37. The summed E-state index contributed by atoms with van der Waals surface area (Å²) < 4.78 is 16.3. The standard InChI is InChI=1S/C22H24O6/c1-6-26-18-10-8-16(12-20(18)28-22(25)14(4)5)15-7-9-17(23)19(11-15)27-21(24)13(2)3/h7-12,22-23,25H,2,4,6H2,1,3,5H3. The van der Waals surface area contributed by atoms with E-state index in [-0.39, 0.29) is 17.1 Å². The average Bonchev–Trinajstić information content (AvgIpc) is 2.64. The lowest BCUT2D eigenvalue weighted by Crippen LogP contribution is -2.16. The van der Waals surface area contributed by atoms with Crippen molar-refractivity contribution in [2.75, 3.05) is 6.61 Å². The smallest absolute Gasteiger partial charge is 0.338 e. The maximum absolute atomic E-state index is 11.8. The van der Waals surface area contributed by atoms with Gasteiger partial charge in [0, 0.05) is 5.57 Å². The molecule has 0 heterocycles. The summed E-state index contributed by atoms with van der Waals surface area (Å²) >= 11 is 0. The van der Waals surface area contributed by atoms with Crippen molar-refractivity contribution in [3.8, 4) is 34.1 Å². The number of aliphatic hydroxyl groups excluding tert-OH is 1. The third kappa shape index (κ3) is 5.14. The molecule has 0 fully saturated rings. The van der Waals surface area contributed by atoms with Crippen LogP contribution in [-0.2, 0) is 4.79 Å². The summed E-state index contributed by atoms with van der Waals surface area (Å²) in [5.41, 5.74) is 2.04. The molecule has 28 heavy (non-hydrogen) atoms. The van der Waals surface area contributed by atoms with E-state index in [1.54, 1.807) is 31.2 Å².